The van der Waals surface area contributed by atoms with E-state index >= 15 is 0 Å². The maximum atomic E-state index is 6.73. The summed E-state index contributed by atoms with van der Waals surface area (Å²) in [6.07, 6.45) is 0. The van der Waals surface area contributed by atoms with Gasteiger partial charge in [0.25, 0.3) is 0 Å². The SMILES string of the molecule is c1ccc(-c2nc(-c3ccccc3)nc(-c3ccc(-c4ccc(-c5ccc6ccccc6c5)c5oc6cc7ccccc7nc6c45)cc3)n2)cc1. The molecule has 10 rings (SSSR count). The Bertz CT molecular complexity index is 2840. The maximum absolute atomic E-state index is 6.73. The molecule has 0 aliphatic rings. The molecule has 3 aromatic heterocycles. The molecule has 3 heterocycles. The van der Waals surface area contributed by atoms with Crippen LogP contribution in [0.5, 0.6) is 0 Å². The van der Waals surface area contributed by atoms with Crippen LogP contribution in [0.2, 0.25) is 0 Å². The molecule has 0 saturated carbocycles. The molecular weight excluding hydrogens is 625 g/mol. The van der Waals surface area contributed by atoms with Crippen molar-refractivity contribution in [1.29, 1.82) is 0 Å². The predicted molar refractivity (Wildman–Crippen MR) is 207 cm³/mol. The molecule has 51 heavy (non-hydrogen) atoms. The van der Waals surface area contributed by atoms with Crippen LogP contribution in [0.15, 0.2) is 174 Å². The fourth-order valence-electron chi connectivity index (χ4n) is 6.95. The van der Waals surface area contributed by atoms with E-state index in [0.717, 1.165) is 71.9 Å². The number of furan rings is 1. The average Bonchev–Trinajstić information content (AvgIpc) is 3.58. The van der Waals surface area contributed by atoms with E-state index in [1.807, 2.05) is 72.8 Å². The van der Waals surface area contributed by atoms with Crippen molar-refractivity contribution in [3.63, 3.8) is 0 Å². The van der Waals surface area contributed by atoms with Crippen molar-refractivity contribution in [3.8, 4) is 56.4 Å². The highest BCUT2D eigenvalue weighted by Crippen LogP contribution is 2.42. The van der Waals surface area contributed by atoms with Gasteiger partial charge in [0.15, 0.2) is 23.1 Å². The van der Waals surface area contributed by atoms with E-state index in [1.54, 1.807) is 0 Å². The van der Waals surface area contributed by atoms with Crippen LogP contribution < -0.4 is 0 Å². The van der Waals surface area contributed by atoms with Gasteiger partial charge in [0.1, 0.15) is 11.1 Å². The normalized spacial score (nSPS) is 11.5. The van der Waals surface area contributed by atoms with Crippen LogP contribution in [0.3, 0.4) is 0 Å². The Morgan fingerprint density at radius 1 is 0.353 bits per heavy atom. The quantitative estimate of drug-likeness (QED) is 0.185. The van der Waals surface area contributed by atoms with Gasteiger partial charge in [0.05, 0.1) is 10.9 Å². The second-order valence-electron chi connectivity index (χ2n) is 12.7. The van der Waals surface area contributed by atoms with Gasteiger partial charge in [-0.2, -0.15) is 0 Å². The minimum Gasteiger partial charge on any atom is -0.454 e. The summed E-state index contributed by atoms with van der Waals surface area (Å²) in [5, 5.41) is 4.43. The van der Waals surface area contributed by atoms with Gasteiger partial charge in [-0.3, -0.25) is 0 Å². The molecule has 5 heteroatoms. The first-order chi connectivity index (χ1) is 25.2. The van der Waals surface area contributed by atoms with E-state index in [2.05, 4.69) is 97.1 Å². The summed E-state index contributed by atoms with van der Waals surface area (Å²) in [5.41, 5.74) is 10.4. The Kier molecular flexibility index (Phi) is 6.74. The van der Waals surface area contributed by atoms with Gasteiger partial charge in [-0.25, -0.2) is 19.9 Å². The number of aromatic nitrogens is 4. The molecule has 0 aliphatic carbocycles. The predicted octanol–water partition coefficient (Wildman–Crippen LogP) is 11.8. The van der Waals surface area contributed by atoms with E-state index < -0.39 is 0 Å². The number of nitrogens with zero attached hydrogens (tertiary/aromatic N) is 4. The number of fused-ring (bicyclic) bond motifs is 5. The molecule has 0 amide bonds. The highest BCUT2D eigenvalue weighted by atomic mass is 16.3. The standard InChI is InChI=1S/C46H28N4O/c1-3-12-31(13-4-1)44-48-45(32-14-5-2-6-15-32)50-46(49-44)33-22-20-30(21-23-33)37-25-26-38(35-24-19-29-11-7-8-16-34(29)27-35)43-41(37)42-40(51-43)28-36-17-9-10-18-39(36)47-42/h1-28H. The number of hydrogen-bond acceptors (Lipinski definition) is 5. The van der Waals surface area contributed by atoms with Crippen LogP contribution in [0.4, 0.5) is 0 Å². The third-order valence-corrected chi connectivity index (χ3v) is 9.51. The lowest BCUT2D eigenvalue weighted by Gasteiger charge is -2.11. The third kappa shape index (κ3) is 5.11. The molecule has 0 saturated heterocycles. The molecule has 7 aromatic carbocycles. The highest BCUT2D eigenvalue weighted by Gasteiger charge is 2.20. The summed E-state index contributed by atoms with van der Waals surface area (Å²) in [6, 6.07) is 58.2. The summed E-state index contributed by atoms with van der Waals surface area (Å²) in [5.74, 6) is 1.89. The summed E-state index contributed by atoms with van der Waals surface area (Å²) < 4.78 is 6.73. The zero-order valence-electron chi connectivity index (χ0n) is 27.4. The Morgan fingerprint density at radius 2 is 0.882 bits per heavy atom. The Hall–Kier alpha value is -6.98. The van der Waals surface area contributed by atoms with Crippen LogP contribution in [-0.4, -0.2) is 19.9 Å². The molecule has 0 fully saturated rings. The summed E-state index contributed by atoms with van der Waals surface area (Å²) >= 11 is 0. The van der Waals surface area contributed by atoms with E-state index in [-0.39, 0.29) is 0 Å². The topological polar surface area (TPSA) is 64.7 Å². The Balaban J connectivity index is 1.14. The second kappa shape index (κ2) is 11.9. The average molecular weight is 653 g/mol. The van der Waals surface area contributed by atoms with Gasteiger partial charge in [-0.05, 0) is 51.7 Å². The van der Waals surface area contributed by atoms with Crippen LogP contribution in [0, 0.1) is 0 Å². The third-order valence-electron chi connectivity index (χ3n) is 9.51. The van der Waals surface area contributed by atoms with Crippen LogP contribution >= 0.6 is 0 Å². The fraction of sp³-hybridized carbons (Fsp3) is 0. The van der Waals surface area contributed by atoms with E-state index in [0.29, 0.717) is 17.5 Å². The summed E-state index contributed by atoms with van der Waals surface area (Å²) in [6.45, 7) is 0. The van der Waals surface area contributed by atoms with Gasteiger partial charge in [-0.15, -0.1) is 0 Å². The molecule has 0 atom stereocenters. The zero-order chi connectivity index (χ0) is 33.7. The molecule has 0 N–H and O–H groups in total. The first-order valence-corrected chi connectivity index (χ1v) is 17.0. The van der Waals surface area contributed by atoms with Crippen molar-refractivity contribution in [2.24, 2.45) is 0 Å². The van der Waals surface area contributed by atoms with Crippen molar-refractivity contribution < 1.29 is 4.42 Å². The molecule has 0 aliphatic heterocycles. The number of rotatable bonds is 5. The number of hydrogen-bond donors (Lipinski definition) is 0. The van der Waals surface area contributed by atoms with Gasteiger partial charge >= 0.3 is 0 Å². The maximum Gasteiger partial charge on any atom is 0.164 e. The summed E-state index contributed by atoms with van der Waals surface area (Å²) in [7, 11) is 0. The lowest BCUT2D eigenvalue weighted by atomic mass is 9.94. The van der Waals surface area contributed by atoms with Crippen molar-refractivity contribution in [2.45, 2.75) is 0 Å². The van der Waals surface area contributed by atoms with E-state index in [9.17, 15) is 0 Å². The molecular formula is C46H28N4O. The lowest BCUT2D eigenvalue weighted by Crippen LogP contribution is -2.00. The van der Waals surface area contributed by atoms with Gasteiger partial charge in [-0.1, -0.05) is 146 Å². The first kappa shape index (κ1) is 29.0. The number of para-hydroxylation sites is 1. The molecule has 0 unspecified atom stereocenters. The van der Waals surface area contributed by atoms with Gasteiger partial charge < -0.3 is 4.42 Å². The van der Waals surface area contributed by atoms with E-state index in [4.69, 9.17) is 24.4 Å². The number of pyridine rings is 1. The molecule has 0 radical (unpaired) electrons. The Morgan fingerprint density at radius 3 is 1.57 bits per heavy atom. The first-order valence-electron chi connectivity index (χ1n) is 17.0. The van der Waals surface area contributed by atoms with Gasteiger partial charge in [0.2, 0.25) is 0 Å². The van der Waals surface area contributed by atoms with Gasteiger partial charge in [0, 0.05) is 27.6 Å². The molecule has 0 spiro atoms. The Labute approximate surface area is 293 Å². The minimum absolute atomic E-state index is 0.618. The monoisotopic (exact) mass is 652 g/mol. The summed E-state index contributed by atoms with van der Waals surface area (Å²) in [4.78, 5) is 19.9. The van der Waals surface area contributed by atoms with E-state index in [1.165, 1.54) is 10.8 Å². The molecule has 0 bridgehead atoms. The second-order valence-corrected chi connectivity index (χ2v) is 12.7. The highest BCUT2D eigenvalue weighted by molar-refractivity contribution is 6.16. The van der Waals surface area contributed by atoms with Crippen molar-refractivity contribution >= 4 is 43.7 Å². The smallest absolute Gasteiger partial charge is 0.164 e. The zero-order valence-corrected chi connectivity index (χ0v) is 27.4. The molecule has 5 nitrogen and oxygen atoms in total. The molecule has 238 valence electrons. The number of benzene rings is 7. The largest absolute Gasteiger partial charge is 0.454 e. The van der Waals surface area contributed by atoms with Crippen molar-refractivity contribution in [3.05, 3.63) is 170 Å². The fourth-order valence-corrected chi connectivity index (χ4v) is 6.95. The molecule has 10 aromatic rings. The van der Waals surface area contributed by atoms with Crippen LogP contribution in [0.1, 0.15) is 0 Å². The lowest BCUT2D eigenvalue weighted by molar-refractivity contribution is 0.670. The van der Waals surface area contributed by atoms with Crippen LogP contribution in [-0.2, 0) is 0 Å². The van der Waals surface area contributed by atoms with Crippen molar-refractivity contribution in [2.75, 3.05) is 0 Å². The van der Waals surface area contributed by atoms with Crippen molar-refractivity contribution in [1.82, 2.24) is 19.9 Å². The van der Waals surface area contributed by atoms with Crippen LogP contribution in [0.25, 0.3) is 100 Å². The minimum atomic E-state index is 0.618.